The van der Waals surface area contributed by atoms with Gasteiger partial charge in [0.25, 0.3) is 5.91 Å². The predicted octanol–water partition coefficient (Wildman–Crippen LogP) is 3.22. The molecule has 0 bridgehead atoms. The van der Waals surface area contributed by atoms with Crippen LogP contribution in [0.3, 0.4) is 0 Å². The van der Waals surface area contributed by atoms with Crippen molar-refractivity contribution >= 4 is 27.4 Å². The molecule has 0 aliphatic rings. The number of ether oxygens (including phenoxy) is 1. The number of carbonyl (C=O) groups is 1. The largest absolute Gasteiger partial charge is 0.462 e. The fourth-order valence-corrected chi connectivity index (χ4v) is 2.13. The molecule has 0 saturated heterocycles. The number of carbonyl (C=O) groups excluding carboxylic acids is 1. The standard InChI is InChI=1S/C13H11N3O4S/c1-8(2)20-10-6-4-3-5-9(10)12(17)15-13-14-7-11(21-13)16(18)19/h3-7H,1H2,2H3,(H,14,15,17). The molecule has 0 fully saturated rings. The molecular formula is C13H11N3O4S. The Morgan fingerprint density at radius 3 is 2.81 bits per heavy atom. The molecule has 0 saturated carbocycles. The van der Waals surface area contributed by atoms with Crippen LogP contribution in [0.4, 0.5) is 10.1 Å². The van der Waals surface area contributed by atoms with Crippen LogP contribution in [0, 0.1) is 10.1 Å². The summed E-state index contributed by atoms with van der Waals surface area (Å²) < 4.78 is 5.37. The lowest BCUT2D eigenvalue weighted by Gasteiger charge is -2.09. The van der Waals surface area contributed by atoms with Crippen LogP contribution in [0.5, 0.6) is 5.75 Å². The van der Waals surface area contributed by atoms with E-state index in [0.717, 1.165) is 17.5 Å². The molecule has 108 valence electrons. The number of hydrogen-bond acceptors (Lipinski definition) is 6. The summed E-state index contributed by atoms with van der Waals surface area (Å²) in [5.74, 6) is 0.338. The Kier molecular flexibility index (Phi) is 4.29. The number of benzene rings is 1. The molecule has 0 unspecified atom stereocenters. The molecular weight excluding hydrogens is 294 g/mol. The van der Waals surface area contributed by atoms with Crippen molar-refractivity contribution in [3.05, 3.63) is 58.5 Å². The number of thiazole rings is 1. The molecule has 2 aromatic rings. The van der Waals surface area contributed by atoms with Crippen molar-refractivity contribution in [1.82, 2.24) is 4.98 Å². The number of hydrogen-bond donors (Lipinski definition) is 1. The van der Waals surface area contributed by atoms with Crippen LogP contribution in [-0.2, 0) is 0 Å². The first-order chi connectivity index (χ1) is 9.97. The third-order valence-corrected chi connectivity index (χ3v) is 3.17. The van der Waals surface area contributed by atoms with Gasteiger partial charge in [-0.1, -0.05) is 18.7 Å². The molecule has 1 aromatic carbocycles. The summed E-state index contributed by atoms with van der Waals surface area (Å²) in [7, 11) is 0. The molecule has 0 aliphatic carbocycles. The maximum atomic E-state index is 12.2. The Labute approximate surface area is 124 Å². The summed E-state index contributed by atoms with van der Waals surface area (Å²) in [4.78, 5) is 26.0. The number of amides is 1. The molecule has 0 radical (unpaired) electrons. The van der Waals surface area contributed by atoms with E-state index >= 15 is 0 Å². The molecule has 0 atom stereocenters. The normalized spacial score (nSPS) is 9.95. The van der Waals surface area contributed by atoms with Gasteiger partial charge in [-0.25, -0.2) is 4.98 Å². The number of rotatable bonds is 5. The second-order valence-corrected chi connectivity index (χ2v) is 5.02. The average Bonchev–Trinajstić information content (AvgIpc) is 2.87. The first kappa shape index (κ1) is 14.7. The molecule has 8 heteroatoms. The van der Waals surface area contributed by atoms with E-state index in [2.05, 4.69) is 16.9 Å². The van der Waals surface area contributed by atoms with Gasteiger partial charge >= 0.3 is 5.00 Å². The van der Waals surface area contributed by atoms with Crippen LogP contribution in [0.2, 0.25) is 0 Å². The summed E-state index contributed by atoms with van der Waals surface area (Å²) in [6, 6.07) is 6.62. The summed E-state index contributed by atoms with van der Waals surface area (Å²) in [5, 5.41) is 13.1. The van der Waals surface area contributed by atoms with Crippen LogP contribution < -0.4 is 10.1 Å². The summed E-state index contributed by atoms with van der Waals surface area (Å²) in [5.41, 5.74) is 0.290. The number of nitrogens with one attached hydrogen (secondary N) is 1. The number of anilines is 1. The Bertz CT molecular complexity index is 711. The third-order valence-electron chi connectivity index (χ3n) is 2.31. The fraction of sp³-hybridized carbons (Fsp3) is 0.0769. The number of allylic oxidation sites excluding steroid dienone is 1. The Morgan fingerprint density at radius 2 is 2.19 bits per heavy atom. The van der Waals surface area contributed by atoms with E-state index < -0.39 is 10.8 Å². The highest BCUT2D eigenvalue weighted by Gasteiger charge is 2.17. The van der Waals surface area contributed by atoms with Crippen molar-refractivity contribution in [3.8, 4) is 5.75 Å². The summed E-state index contributed by atoms with van der Waals surface area (Å²) >= 11 is 0.783. The van der Waals surface area contributed by atoms with Crippen LogP contribution in [0.15, 0.2) is 42.8 Å². The first-order valence-corrected chi connectivity index (χ1v) is 6.63. The van der Waals surface area contributed by atoms with E-state index in [1.54, 1.807) is 31.2 Å². The molecule has 21 heavy (non-hydrogen) atoms. The molecule has 1 aromatic heterocycles. The van der Waals surface area contributed by atoms with Gasteiger partial charge in [-0.15, -0.1) is 0 Å². The molecule has 0 spiro atoms. The zero-order valence-electron chi connectivity index (χ0n) is 11.0. The minimum Gasteiger partial charge on any atom is -0.462 e. The van der Waals surface area contributed by atoms with Gasteiger partial charge in [-0.2, -0.15) is 0 Å². The zero-order valence-corrected chi connectivity index (χ0v) is 11.8. The maximum absolute atomic E-state index is 12.2. The molecule has 1 amide bonds. The summed E-state index contributed by atoms with van der Waals surface area (Å²) in [6.07, 6.45) is 1.09. The quantitative estimate of drug-likeness (QED) is 0.520. The number of para-hydroxylation sites is 1. The zero-order chi connectivity index (χ0) is 15.4. The summed E-state index contributed by atoms with van der Waals surface area (Å²) in [6.45, 7) is 5.28. The number of nitro groups is 1. The third kappa shape index (κ3) is 3.63. The first-order valence-electron chi connectivity index (χ1n) is 5.81. The van der Waals surface area contributed by atoms with Gasteiger partial charge in [0, 0.05) is 0 Å². The van der Waals surface area contributed by atoms with Crippen LogP contribution in [0.1, 0.15) is 17.3 Å². The van der Waals surface area contributed by atoms with Crippen molar-refractivity contribution in [3.63, 3.8) is 0 Å². The van der Waals surface area contributed by atoms with Crippen LogP contribution in [0.25, 0.3) is 0 Å². The minimum atomic E-state index is -0.564. The van der Waals surface area contributed by atoms with Crippen molar-refractivity contribution in [2.75, 3.05) is 5.32 Å². The van der Waals surface area contributed by atoms with Gasteiger partial charge in [-0.05, 0) is 30.4 Å². The molecule has 1 N–H and O–H groups in total. The monoisotopic (exact) mass is 305 g/mol. The van der Waals surface area contributed by atoms with E-state index in [9.17, 15) is 14.9 Å². The second-order valence-electron chi connectivity index (χ2n) is 4.02. The second kappa shape index (κ2) is 6.14. The van der Waals surface area contributed by atoms with Crippen LogP contribution >= 0.6 is 11.3 Å². The van der Waals surface area contributed by atoms with Crippen molar-refractivity contribution in [1.29, 1.82) is 0 Å². The maximum Gasteiger partial charge on any atom is 0.345 e. The van der Waals surface area contributed by atoms with Gasteiger partial charge < -0.3 is 4.74 Å². The predicted molar refractivity (Wildman–Crippen MR) is 78.6 cm³/mol. The van der Waals surface area contributed by atoms with Gasteiger partial charge in [-0.3, -0.25) is 20.2 Å². The van der Waals surface area contributed by atoms with Gasteiger partial charge in [0.1, 0.15) is 11.9 Å². The van der Waals surface area contributed by atoms with Gasteiger partial charge in [0.15, 0.2) is 5.13 Å². The lowest BCUT2D eigenvalue weighted by atomic mass is 10.2. The van der Waals surface area contributed by atoms with E-state index in [0.29, 0.717) is 17.1 Å². The molecule has 1 heterocycles. The lowest BCUT2D eigenvalue weighted by Crippen LogP contribution is -2.13. The number of nitrogens with zero attached hydrogens (tertiary/aromatic N) is 2. The van der Waals surface area contributed by atoms with Crippen molar-refractivity contribution in [2.45, 2.75) is 6.92 Å². The van der Waals surface area contributed by atoms with Crippen LogP contribution in [-0.4, -0.2) is 15.8 Å². The fourth-order valence-electron chi connectivity index (χ4n) is 1.50. The Hall–Kier alpha value is -2.74. The highest BCUT2D eigenvalue weighted by atomic mass is 32.1. The highest BCUT2D eigenvalue weighted by molar-refractivity contribution is 7.18. The topological polar surface area (TPSA) is 94.4 Å². The van der Waals surface area contributed by atoms with Gasteiger partial charge in [0.05, 0.1) is 16.2 Å². The average molecular weight is 305 g/mol. The molecule has 2 rings (SSSR count). The Morgan fingerprint density at radius 1 is 1.48 bits per heavy atom. The smallest absolute Gasteiger partial charge is 0.345 e. The van der Waals surface area contributed by atoms with E-state index in [1.165, 1.54) is 0 Å². The minimum absolute atomic E-state index is 0.142. The van der Waals surface area contributed by atoms with Gasteiger partial charge in [0.2, 0.25) is 0 Å². The number of aromatic nitrogens is 1. The molecule has 0 aliphatic heterocycles. The van der Waals surface area contributed by atoms with E-state index in [1.807, 2.05) is 0 Å². The van der Waals surface area contributed by atoms with Crippen molar-refractivity contribution < 1.29 is 14.5 Å². The Balaban J connectivity index is 2.19. The SMILES string of the molecule is C=C(C)Oc1ccccc1C(=O)Nc1ncc([N+](=O)[O-])s1. The lowest BCUT2D eigenvalue weighted by molar-refractivity contribution is -0.380. The van der Waals surface area contributed by atoms with Crippen molar-refractivity contribution in [2.24, 2.45) is 0 Å². The van der Waals surface area contributed by atoms with E-state index in [-0.39, 0.29) is 10.1 Å². The highest BCUT2D eigenvalue weighted by Crippen LogP contribution is 2.27. The van der Waals surface area contributed by atoms with E-state index in [4.69, 9.17) is 4.74 Å². The molecule has 7 nitrogen and oxygen atoms in total.